The van der Waals surface area contributed by atoms with Crippen molar-refractivity contribution in [2.75, 3.05) is 37.2 Å². The van der Waals surface area contributed by atoms with Crippen LogP contribution < -0.4 is 4.31 Å². The van der Waals surface area contributed by atoms with E-state index in [0.717, 1.165) is 0 Å². The first-order valence-corrected chi connectivity index (χ1v) is 10.9. The molecule has 1 saturated heterocycles. The molecule has 0 aliphatic carbocycles. The third-order valence-electron chi connectivity index (χ3n) is 5.07. The Bertz CT molecular complexity index is 1070. The monoisotopic (exact) mass is 410 g/mol. The van der Waals surface area contributed by atoms with E-state index in [-0.39, 0.29) is 11.4 Å². The summed E-state index contributed by atoms with van der Waals surface area (Å²) in [5.74, 6) is -0.490. The highest BCUT2D eigenvalue weighted by atomic mass is 32.2. The van der Waals surface area contributed by atoms with Crippen molar-refractivity contribution in [2.45, 2.75) is 0 Å². The van der Waals surface area contributed by atoms with E-state index < -0.39 is 15.9 Å². The molecule has 0 aromatic heterocycles. The average Bonchev–Trinajstić information content (AvgIpc) is 2.76. The van der Waals surface area contributed by atoms with Crippen molar-refractivity contribution in [1.29, 1.82) is 0 Å². The van der Waals surface area contributed by atoms with Crippen LogP contribution in [0.2, 0.25) is 0 Å². The smallest absolute Gasteiger partial charge is 0.270 e. The topological polar surface area (TPSA) is 66.9 Å². The van der Waals surface area contributed by atoms with Crippen molar-refractivity contribution in [1.82, 2.24) is 4.90 Å². The summed E-state index contributed by atoms with van der Waals surface area (Å²) in [4.78, 5) is 14.9. The van der Waals surface area contributed by atoms with Crippen LogP contribution in [-0.4, -0.2) is 52.1 Å². The van der Waals surface area contributed by atoms with Gasteiger partial charge in [-0.15, -0.1) is 6.58 Å². The van der Waals surface area contributed by atoms with Crippen LogP contribution in [0.25, 0.3) is 5.57 Å². The summed E-state index contributed by atoms with van der Waals surface area (Å²) in [6.07, 6.45) is 1.53. The number of morpholine rings is 1. The lowest BCUT2D eigenvalue weighted by Crippen LogP contribution is -2.46. The molecule has 7 heteroatoms. The number of benzene rings is 2. The van der Waals surface area contributed by atoms with E-state index in [2.05, 4.69) is 6.58 Å². The number of ether oxygens (including phenoxy) is 1. The third kappa shape index (κ3) is 3.36. The second-order valence-electron chi connectivity index (χ2n) is 6.82. The van der Waals surface area contributed by atoms with Crippen molar-refractivity contribution >= 4 is 27.2 Å². The van der Waals surface area contributed by atoms with Crippen molar-refractivity contribution < 1.29 is 17.9 Å². The number of hydrogen-bond acceptors (Lipinski definition) is 4. The van der Waals surface area contributed by atoms with Crippen molar-refractivity contribution in [3.63, 3.8) is 0 Å². The molecule has 6 nitrogen and oxygen atoms in total. The van der Waals surface area contributed by atoms with Gasteiger partial charge in [0.05, 0.1) is 25.4 Å². The van der Waals surface area contributed by atoms with Gasteiger partial charge in [-0.25, -0.2) is 8.42 Å². The molecule has 1 fully saturated rings. The number of carbonyl (C=O) groups is 1. The fourth-order valence-electron chi connectivity index (χ4n) is 3.73. The quantitative estimate of drug-likeness (QED) is 0.727. The molecule has 0 N–H and O–H groups in total. The number of fused-ring (bicyclic) bond motifs is 1. The number of para-hydroxylation sites is 1. The Kier molecular flexibility index (Phi) is 5.25. The lowest BCUT2D eigenvalue weighted by Gasteiger charge is -2.35. The molecule has 0 spiro atoms. The van der Waals surface area contributed by atoms with Gasteiger partial charge in [-0.05, 0) is 11.6 Å². The Morgan fingerprint density at radius 2 is 1.69 bits per heavy atom. The van der Waals surface area contributed by atoms with Gasteiger partial charge in [0.1, 0.15) is 0 Å². The largest absolute Gasteiger partial charge is 0.378 e. The number of anilines is 1. The van der Waals surface area contributed by atoms with Crippen LogP contribution >= 0.6 is 0 Å². The zero-order valence-electron chi connectivity index (χ0n) is 16.0. The highest BCUT2D eigenvalue weighted by molar-refractivity contribution is 7.97. The van der Waals surface area contributed by atoms with Gasteiger partial charge in [0.15, 0.2) is 4.91 Å². The van der Waals surface area contributed by atoms with Crippen LogP contribution in [0.1, 0.15) is 11.1 Å². The highest BCUT2D eigenvalue weighted by Gasteiger charge is 2.42. The lowest BCUT2D eigenvalue weighted by atomic mass is 9.95. The van der Waals surface area contributed by atoms with E-state index in [1.54, 1.807) is 17.0 Å². The Hall–Kier alpha value is -2.90. The van der Waals surface area contributed by atoms with Crippen LogP contribution in [-0.2, 0) is 19.6 Å². The van der Waals surface area contributed by atoms with Gasteiger partial charge in [0.2, 0.25) is 0 Å². The lowest BCUT2D eigenvalue weighted by molar-refractivity contribution is -0.130. The molecule has 1 amide bonds. The van der Waals surface area contributed by atoms with E-state index in [1.807, 2.05) is 42.5 Å². The van der Waals surface area contributed by atoms with Crippen molar-refractivity contribution in [2.24, 2.45) is 0 Å². The molecule has 29 heavy (non-hydrogen) atoms. The minimum absolute atomic E-state index is 0.0846. The molecule has 0 bridgehead atoms. The first kappa shape index (κ1) is 19.4. The van der Waals surface area contributed by atoms with Gasteiger partial charge in [0.25, 0.3) is 15.9 Å². The zero-order chi connectivity index (χ0) is 20.4. The van der Waals surface area contributed by atoms with E-state index in [0.29, 0.717) is 48.7 Å². The van der Waals surface area contributed by atoms with Crippen LogP contribution in [0.5, 0.6) is 0 Å². The van der Waals surface area contributed by atoms with E-state index >= 15 is 0 Å². The molecule has 0 saturated carbocycles. The first-order valence-electron chi connectivity index (χ1n) is 9.45. The summed E-state index contributed by atoms with van der Waals surface area (Å²) in [5, 5.41) is 0. The molecule has 150 valence electrons. The summed E-state index contributed by atoms with van der Waals surface area (Å²) in [7, 11) is -4.08. The number of nitrogens with zero attached hydrogens (tertiary/aromatic N) is 2. The average molecular weight is 410 g/mol. The Balaban J connectivity index is 2.02. The normalized spacial score (nSPS) is 18.3. The number of hydrogen-bond donors (Lipinski definition) is 0. The molecule has 2 aromatic carbocycles. The maximum atomic E-state index is 13.7. The number of carbonyl (C=O) groups excluding carboxylic acids is 1. The minimum atomic E-state index is -4.08. The maximum Gasteiger partial charge on any atom is 0.270 e. The van der Waals surface area contributed by atoms with Crippen molar-refractivity contribution in [3.8, 4) is 0 Å². The predicted octanol–water partition coefficient (Wildman–Crippen LogP) is 2.64. The van der Waals surface area contributed by atoms with Gasteiger partial charge in [-0.1, -0.05) is 54.6 Å². The molecule has 2 aliphatic rings. The van der Waals surface area contributed by atoms with Crippen LogP contribution in [0.3, 0.4) is 0 Å². The maximum absolute atomic E-state index is 13.7. The fourth-order valence-corrected chi connectivity index (χ4v) is 5.50. The summed E-state index contributed by atoms with van der Waals surface area (Å²) in [6.45, 7) is 5.30. The van der Waals surface area contributed by atoms with E-state index in [9.17, 15) is 13.2 Å². The molecule has 0 unspecified atom stereocenters. The molecular formula is C22H22N2O4S. The Morgan fingerprint density at radius 3 is 2.38 bits per heavy atom. The van der Waals surface area contributed by atoms with Crippen LogP contribution in [0, 0.1) is 0 Å². The molecular weight excluding hydrogens is 388 g/mol. The summed E-state index contributed by atoms with van der Waals surface area (Å²) in [6, 6.07) is 16.5. The minimum Gasteiger partial charge on any atom is -0.378 e. The second-order valence-corrected chi connectivity index (χ2v) is 8.62. The predicted molar refractivity (Wildman–Crippen MR) is 113 cm³/mol. The number of sulfonamides is 1. The van der Waals surface area contributed by atoms with Gasteiger partial charge >= 0.3 is 0 Å². The first-order chi connectivity index (χ1) is 14.1. The SMILES string of the molecule is C=CCN1c2ccccc2C(c2ccccc2)=C(C(=O)N2CCOCC2)S1(=O)=O. The standard InChI is InChI=1S/C22H22N2O4S/c1-2-12-24-19-11-7-6-10-18(19)20(17-8-4-3-5-9-17)21(29(24,26)27)22(25)23-13-15-28-16-14-23/h2-11H,1,12-16H2. The summed E-state index contributed by atoms with van der Waals surface area (Å²) < 4.78 is 33.9. The van der Waals surface area contributed by atoms with Crippen LogP contribution in [0.4, 0.5) is 5.69 Å². The zero-order valence-corrected chi connectivity index (χ0v) is 16.8. The van der Waals surface area contributed by atoms with E-state index in [4.69, 9.17) is 4.74 Å². The number of amides is 1. The van der Waals surface area contributed by atoms with Gasteiger partial charge in [0, 0.05) is 24.2 Å². The molecule has 0 radical (unpaired) electrons. The fraction of sp³-hybridized carbons (Fsp3) is 0.227. The molecule has 4 rings (SSSR count). The van der Waals surface area contributed by atoms with E-state index in [1.165, 1.54) is 10.4 Å². The number of rotatable bonds is 4. The second kappa shape index (κ2) is 7.85. The Labute approximate surface area is 170 Å². The molecule has 0 atom stereocenters. The molecule has 2 aromatic rings. The van der Waals surface area contributed by atoms with Gasteiger partial charge < -0.3 is 9.64 Å². The van der Waals surface area contributed by atoms with Gasteiger partial charge in [-0.3, -0.25) is 9.10 Å². The summed E-state index contributed by atoms with van der Waals surface area (Å²) in [5.41, 5.74) is 2.40. The third-order valence-corrected chi connectivity index (χ3v) is 6.89. The molecule has 2 heterocycles. The van der Waals surface area contributed by atoms with Crippen LogP contribution in [0.15, 0.2) is 72.2 Å². The molecule has 2 aliphatic heterocycles. The Morgan fingerprint density at radius 1 is 1.03 bits per heavy atom. The van der Waals surface area contributed by atoms with Crippen molar-refractivity contribution in [3.05, 3.63) is 83.3 Å². The van der Waals surface area contributed by atoms with Gasteiger partial charge in [-0.2, -0.15) is 0 Å². The summed E-state index contributed by atoms with van der Waals surface area (Å²) >= 11 is 0. The highest BCUT2D eigenvalue weighted by Crippen LogP contribution is 2.43.